The summed E-state index contributed by atoms with van der Waals surface area (Å²) in [5.41, 5.74) is 8.63. The SMILES string of the molecule is CCCN=C(N)N1CCCc2ccccc21. The van der Waals surface area contributed by atoms with Crippen LogP contribution in [0.4, 0.5) is 5.69 Å². The zero-order valence-electron chi connectivity index (χ0n) is 9.82. The van der Waals surface area contributed by atoms with E-state index >= 15 is 0 Å². The maximum absolute atomic E-state index is 6.03. The molecule has 0 aliphatic carbocycles. The van der Waals surface area contributed by atoms with Crippen LogP contribution >= 0.6 is 0 Å². The lowest BCUT2D eigenvalue weighted by atomic mass is 10.0. The van der Waals surface area contributed by atoms with Crippen molar-refractivity contribution < 1.29 is 0 Å². The molecule has 16 heavy (non-hydrogen) atoms. The molecule has 0 aromatic heterocycles. The quantitative estimate of drug-likeness (QED) is 0.609. The number of hydrogen-bond donors (Lipinski definition) is 1. The van der Waals surface area contributed by atoms with Crippen LogP contribution in [0.3, 0.4) is 0 Å². The number of para-hydroxylation sites is 1. The lowest BCUT2D eigenvalue weighted by Crippen LogP contribution is -2.40. The molecular formula is C13H19N3. The lowest BCUT2D eigenvalue weighted by Gasteiger charge is -2.30. The molecular weight excluding hydrogens is 198 g/mol. The molecule has 1 aliphatic heterocycles. The van der Waals surface area contributed by atoms with E-state index < -0.39 is 0 Å². The maximum atomic E-state index is 6.03. The van der Waals surface area contributed by atoms with Crippen LogP contribution in [-0.4, -0.2) is 19.0 Å². The predicted molar refractivity (Wildman–Crippen MR) is 68.9 cm³/mol. The first-order chi connectivity index (χ1) is 7.83. The van der Waals surface area contributed by atoms with Crippen LogP contribution in [0.1, 0.15) is 25.3 Å². The summed E-state index contributed by atoms with van der Waals surface area (Å²) in [5, 5.41) is 0. The van der Waals surface area contributed by atoms with Gasteiger partial charge in [-0.3, -0.25) is 4.99 Å². The summed E-state index contributed by atoms with van der Waals surface area (Å²) in [6, 6.07) is 8.45. The molecule has 3 heteroatoms. The van der Waals surface area contributed by atoms with Gasteiger partial charge >= 0.3 is 0 Å². The molecule has 0 amide bonds. The van der Waals surface area contributed by atoms with Gasteiger partial charge in [-0.15, -0.1) is 0 Å². The van der Waals surface area contributed by atoms with Gasteiger partial charge in [-0.25, -0.2) is 0 Å². The second-order valence-corrected chi connectivity index (χ2v) is 4.12. The third kappa shape index (κ3) is 2.18. The summed E-state index contributed by atoms with van der Waals surface area (Å²) < 4.78 is 0. The van der Waals surface area contributed by atoms with Crippen molar-refractivity contribution in [2.45, 2.75) is 26.2 Å². The Kier molecular flexibility index (Phi) is 3.44. The van der Waals surface area contributed by atoms with Crippen LogP contribution in [0.2, 0.25) is 0 Å². The van der Waals surface area contributed by atoms with Gasteiger partial charge in [0.2, 0.25) is 0 Å². The first-order valence-electron chi connectivity index (χ1n) is 5.98. The van der Waals surface area contributed by atoms with Crippen molar-refractivity contribution in [1.29, 1.82) is 0 Å². The Morgan fingerprint density at radius 3 is 3.06 bits per heavy atom. The number of aryl methyl sites for hydroxylation is 1. The minimum absolute atomic E-state index is 0.661. The Hall–Kier alpha value is -1.51. The molecule has 0 atom stereocenters. The van der Waals surface area contributed by atoms with Crippen LogP contribution in [0.25, 0.3) is 0 Å². The molecule has 0 radical (unpaired) electrons. The van der Waals surface area contributed by atoms with E-state index in [1.54, 1.807) is 0 Å². The van der Waals surface area contributed by atoms with Crippen molar-refractivity contribution in [1.82, 2.24) is 0 Å². The fraction of sp³-hybridized carbons (Fsp3) is 0.462. The normalized spacial score (nSPS) is 16.1. The molecule has 0 fully saturated rings. The number of nitrogens with zero attached hydrogens (tertiary/aromatic N) is 2. The molecule has 2 rings (SSSR count). The Morgan fingerprint density at radius 1 is 1.44 bits per heavy atom. The number of guanidine groups is 1. The van der Waals surface area contributed by atoms with E-state index in [1.165, 1.54) is 11.3 Å². The van der Waals surface area contributed by atoms with Gasteiger partial charge < -0.3 is 10.6 Å². The molecule has 1 heterocycles. The zero-order chi connectivity index (χ0) is 11.4. The third-order valence-corrected chi connectivity index (χ3v) is 2.88. The topological polar surface area (TPSA) is 41.6 Å². The average Bonchev–Trinajstić information content (AvgIpc) is 2.35. The Bertz CT molecular complexity index is 385. The zero-order valence-corrected chi connectivity index (χ0v) is 9.82. The predicted octanol–water partition coefficient (Wildman–Crippen LogP) is 2.16. The third-order valence-electron chi connectivity index (χ3n) is 2.88. The number of fused-ring (bicyclic) bond motifs is 1. The number of rotatable bonds is 2. The monoisotopic (exact) mass is 217 g/mol. The second-order valence-electron chi connectivity index (χ2n) is 4.12. The van der Waals surface area contributed by atoms with E-state index in [4.69, 9.17) is 5.73 Å². The molecule has 2 N–H and O–H groups in total. The first kappa shape index (κ1) is 11.0. The fourth-order valence-electron chi connectivity index (χ4n) is 2.08. The highest BCUT2D eigenvalue weighted by atomic mass is 15.3. The van der Waals surface area contributed by atoms with Crippen LogP contribution in [0.15, 0.2) is 29.3 Å². The van der Waals surface area contributed by atoms with Gasteiger partial charge in [0.25, 0.3) is 0 Å². The smallest absolute Gasteiger partial charge is 0.195 e. The Balaban J connectivity index is 2.24. The largest absolute Gasteiger partial charge is 0.370 e. The molecule has 0 spiro atoms. The number of nitrogens with two attached hydrogens (primary N) is 1. The average molecular weight is 217 g/mol. The molecule has 3 nitrogen and oxygen atoms in total. The minimum atomic E-state index is 0.661. The Morgan fingerprint density at radius 2 is 2.25 bits per heavy atom. The lowest BCUT2D eigenvalue weighted by molar-refractivity contribution is 0.771. The van der Waals surface area contributed by atoms with Crippen molar-refractivity contribution in [3.05, 3.63) is 29.8 Å². The van der Waals surface area contributed by atoms with Gasteiger partial charge in [0.1, 0.15) is 0 Å². The molecule has 0 saturated heterocycles. The molecule has 1 aliphatic rings. The van der Waals surface area contributed by atoms with Crippen LogP contribution in [0, 0.1) is 0 Å². The highest BCUT2D eigenvalue weighted by Crippen LogP contribution is 2.26. The van der Waals surface area contributed by atoms with Crippen molar-refractivity contribution in [3.8, 4) is 0 Å². The summed E-state index contributed by atoms with van der Waals surface area (Å²) in [6.45, 7) is 3.90. The molecule has 1 aromatic rings. The number of anilines is 1. The Labute approximate surface area is 97.0 Å². The van der Waals surface area contributed by atoms with E-state index in [1.807, 2.05) is 0 Å². The van der Waals surface area contributed by atoms with Gasteiger partial charge in [-0.1, -0.05) is 25.1 Å². The van der Waals surface area contributed by atoms with Crippen LogP contribution in [0.5, 0.6) is 0 Å². The molecule has 1 aromatic carbocycles. The fourth-order valence-corrected chi connectivity index (χ4v) is 2.08. The number of aliphatic imine (C=N–C) groups is 1. The van der Waals surface area contributed by atoms with Gasteiger partial charge in [0.05, 0.1) is 0 Å². The van der Waals surface area contributed by atoms with Crippen LogP contribution < -0.4 is 10.6 Å². The van der Waals surface area contributed by atoms with Gasteiger partial charge in [-0.05, 0) is 30.9 Å². The van der Waals surface area contributed by atoms with E-state index in [-0.39, 0.29) is 0 Å². The summed E-state index contributed by atoms with van der Waals surface area (Å²) in [4.78, 5) is 6.52. The summed E-state index contributed by atoms with van der Waals surface area (Å²) >= 11 is 0. The van der Waals surface area contributed by atoms with E-state index in [9.17, 15) is 0 Å². The number of hydrogen-bond acceptors (Lipinski definition) is 1. The molecule has 0 unspecified atom stereocenters. The standard InChI is InChI=1S/C13H19N3/c1-2-9-15-13(14)16-10-5-7-11-6-3-4-8-12(11)16/h3-4,6,8H,2,5,7,9-10H2,1H3,(H2,14,15). The molecule has 0 bridgehead atoms. The summed E-state index contributed by atoms with van der Waals surface area (Å²) in [7, 11) is 0. The minimum Gasteiger partial charge on any atom is -0.370 e. The van der Waals surface area contributed by atoms with Crippen molar-refractivity contribution >= 4 is 11.6 Å². The summed E-state index contributed by atoms with van der Waals surface area (Å²) in [5.74, 6) is 0.661. The van der Waals surface area contributed by atoms with Gasteiger partial charge in [0.15, 0.2) is 5.96 Å². The maximum Gasteiger partial charge on any atom is 0.195 e. The van der Waals surface area contributed by atoms with Gasteiger partial charge in [0, 0.05) is 18.8 Å². The van der Waals surface area contributed by atoms with E-state index in [0.29, 0.717) is 5.96 Å². The second kappa shape index (κ2) is 5.01. The van der Waals surface area contributed by atoms with E-state index in [0.717, 1.165) is 32.4 Å². The van der Waals surface area contributed by atoms with Gasteiger partial charge in [-0.2, -0.15) is 0 Å². The van der Waals surface area contributed by atoms with E-state index in [2.05, 4.69) is 41.1 Å². The molecule has 0 saturated carbocycles. The van der Waals surface area contributed by atoms with Crippen LogP contribution in [-0.2, 0) is 6.42 Å². The number of benzene rings is 1. The molecule has 86 valence electrons. The van der Waals surface area contributed by atoms with Crippen molar-refractivity contribution in [2.75, 3.05) is 18.0 Å². The highest BCUT2D eigenvalue weighted by Gasteiger charge is 2.18. The van der Waals surface area contributed by atoms with Crippen molar-refractivity contribution in [2.24, 2.45) is 10.7 Å². The summed E-state index contributed by atoms with van der Waals surface area (Å²) in [6.07, 6.45) is 3.34. The van der Waals surface area contributed by atoms with Crippen molar-refractivity contribution in [3.63, 3.8) is 0 Å². The first-order valence-corrected chi connectivity index (χ1v) is 5.98. The highest BCUT2D eigenvalue weighted by molar-refractivity contribution is 5.95.